The number of anilines is 4. The van der Waals surface area contributed by atoms with Gasteiger partial charge in [0.2, 0.25) is 0 Å². The van der Waals surface area contributed by atoms with Gasteiger partial charge in [-0.1, -0.05) is 0 Å². The van der Waals surface area contributed by atoms with Crippen LogP contribution in [0.3, 0.4) is 0 Å². The molecule has 0 aliphatic carbocycles. The van der Waals surface area contributed by atoms with Gasteiger partial charge in [0.05, 0.1) is 22.7 Å². The van der Waals surface area contributed by atoms with Crippen molar-refractivity contribution >= 4 is 22.7 Å². The molecule has 0 heterocycles. The Labute approximate surface area is 71.9 Å². The number of benzene rings is 1. The van der Waals surface area contributed by atoms with Crippen molar-refractivity contribution in [1.82, 2.24) is 0 Å². The maximum absolute atomic E-state index is 5.72. The molecule has 6 N–H and O–H groups in total. The fourth-order valence-electron chi connectivity index (χ4n) is 1.07. The van der Waals surface area contributed by atoms with Crippen LogP contribution in [0.4, 0.5) is 22.7 Å². The summed E-state index contributed by atoms with van der Waals surface area (Å²) >= 11 is 0. The third-order valence-electron chi connectivity index (χ3n) is 1.76. The second-order valence-electron chi connectivity index (χ2n) is 2.53. The highest BCUT2D eigenvalue weighted by Gasteiger charge is 2.01. The molecule has 0 radical (unpaired) electrons. The molecule has 1 aromatic carbocycles. The summed E-state index contributed by atoms with van der Waals surface area (Å²) in [6, 6.07) is 3.61. The molecule has 0 atom stereocenters. The van der Waals surface area contributed by atoms with Crippen molar-refractivity contribution in [2.24, 2.45) is 0 Å². The van der Waals surface area contributed by atoms with E-state index in [2.05, 4.69) is 10.6 Å². The molecule has 0 unspecified atom stereocenters. The topological polar surface area (TPSA) is 76.1 Å². The molecule has 0 aliphatic heterocycles. The number of rotatable bonds is 2. The van der Waals surface area contributed by atoms with Gasteiger partial charge < -0.3 is 22.1 Å². The molecule has 0 bridgehead atoms. The van der Waals surface area contributed by atoms with E-state index in [0.717, 1.165) is 11.4 Å². The van der Waals surface area contributed by atoms with E-state index in [-0.39, 0.29) is 0 Å². The summed E-state index contributed by atoms with van der Waals surface area (Å²) in [5, 5.41) is 5.91. The molecule has 0 aliphatic rings. The van der Waals surface area contributed by atoms with Gasteiger partial charge in [0.25, 0.3) is 0 Å². The van der Waals surface area contributed by atoms with Gasteiger partial charge in [0.15, 0.2) is 0 Å². The number of nitrogens with two attached hydrogens (primary N) is 2. The minimum atomic E-state index is 0.691. The lowest BCUT2D eigenvalue weighted by molar-refractivity contribution is 1.47. The Hall–Kier alpha value is -1.58. The highest BCUT2D eigenvalue weighted by molar-refractivity contribution is 5.80. The molecule has 0 aromatic heterocycles. The largest absolute Gasteiger partial charge is 0.397 e. The van der Waals surface area contributed by atoms with Crippen molar-refractivity contribution in [3.63, 3.8) is 0 Å². The fourth-order valence-corrected chi connectivity index (χ4v) is 1.07. The molecule has 1 aromatic rings. The van der Waals surface area contributed by atoms with Crippen LogP contribution in [0.25, 0.3) is 0 Å². The van der Waals surface area contributed by atoms with Crippen molar-refractivity contribution in [2.45, 2.75) is 0 Å². The highest BCUT2D eigenvalue weighted by atomic mass is 14.9. The Morgan fingerprint density at radius 3 is 1.50 bits per heavy atom. The van der Waals surface area contributed by atoms with Gasteiger partial charge in [-0.15, -0.1) is 0 Å². The molecule has 4 heteroatoms. The van der Waals surface area contributed by atoms with Crippen molar-refractivity contribution in [3.05, 3.63) is 12.1 Å². The van der Waals surface area contributed by atoms with Crippen LogP contribution in [0.1, 0.15) is 0 Å². The van der Waals surface area contributed by atoms with Crippen molar-refractivity contribution < 1.29 is 0 Å². The summed E-state index contributed by atoms with van der Waals surface area (Å²) in [4.78, 5) is 0. The second-order valence-corrected chi connectivity index (χ2v) is 2.53. The van der Waals surface area contributed by atoms with Crippen LogP contribution in [0.2, 0.25) is 0 Å². The van der Waals surface area contributed by atoms with Gasteiger partial charge in [-0.3, -0.25) is 0 Å². The minimum absolute atomic E-state index is 0.691. The summed E-state index contributed by atoms with van der Waals surface area (Å²) in [5.41, 5.74) is 14.5. The Morgan fingerprint density at radius 2 is 1.25 bits per heavy atom. The zero-order valence-electron chi connectivity index (χ0n) is 7.31. The van der Waals surface area contributed by atoms with Gasteiger partial charge in [0.1, 0.15) is 0 Å². The molecule has 4 nitrogen and oxygen atoms in total. The van der Waals surface area contributed by atoms with Crippen molar-refractivity contribution in [1.29, 1.82) is 0 Å². The first kappa shape index (κ1) is 8.52. The van der Waals surface area contributed by atoms with Crippen LogP contribution in [0.5, 0.6) is 0 Å². The maximum Gasteiger partial charge on any atom is 0.0593 e. The van der Waals surface area contributed by atoms with Crippen LogP contribution in [-0.2, 0) is 0 Å². The van der Waals surface area contributed by atoms with Crippen LogP contribution in [0.15, 0.2) is 12.1 Å². The maximum atomic E-state index is 5.72. The Balaban J connectivity index is 3.16. The zero-order valence-corrected chi connectivity index (χ0v) is 7.31. The lowest BCUT2D eigenvalue weighted by atomic mass is 10.2. The lowest BCUT2D eigenvalue weighted by Gasteiger charge is -2.10. The van der Waals surface area contributed by atoms with Crippen LogP contribution >= 0.6 is 0 Å². The molecular weight excluding hydrogens is 152 g/mol. The molecule has 0 amide bonds. The summed E-state index contributed by atoms with van der Waals surface area (Å²) in [7, 11) is 3.62. The van der Waals surface area contributed by atoms with E-state index in [1.165, 1.54) is 0 Å². The van der Waals surface area contributed by atoms with E-state index >= 15 is 0 Å². The molecule has 0 spiro atoms. The molecule has 12 heavy (non-hydrogen) atoms. The molecule has 0 saturated heterocycles. The van der Waals surface area contributed by atoms with E-state index in [1.807, 2.05) is 14.1 Å². The first-order valence-corrected chi connectivity index (χ1v) is 3.73. The lowest BCUT2D eigenvalue weighted by Crippen LogP contribution is -2.01. The van der Waals surface area contributed by atoms with Gasteiger partial charge in [-0.25, -0.2) is 0 Å². The molecular formula is C8H14N4. The van der Waals surface area contributed by atoms with E-state index in [4.69, 9.17) is 11.5 Å². The van der Waals surface area contributed by atoms with Gasteiger partial charge in [0, 0.05) is 14.1 Å². The first-order valence-electron chi connectivity index (χ1n) is 3.73. The smallest absolute Gasteiger partial charge is 0.0593 e. The molecule has 0 fully saturated rings. The summed E-state index contributed by atoms with van der Waals surface area (Å²) in [6.07, 6.45) is 0. The number of nitrogens with one attached hydrogen (secondary N) is 2. The zero-order chi connectivity index (χ0) is 9.14. The van der Waals surface area contributed by atoms with E-state index < -0.39 is 0 Å². The van der Waals surface area contributed by atoms with E-state index in [9.17, 15) is 0 Å². The first-order chi connectivity index (χ1) is 5.69. The van der Waals surface area contributed by atoms with Crippen LogP contribution < -0.4 is 22.1 Å². The van der Waals surface area contributed by atoms with Gasteiger partial charge in [-0.05, 0) is 12.1 Å². The Kier molecular flexibility index (Phi) is 2.28. The highest BCUT2D eigenvalue weighted by Crippen LogP contribution is 2.28. The normalized spacial score (nSPS) is 9.50. The monoisotopic (exact) mass is 166 g/mol. The predicted octanol–water partition coefficient (Wildman–Crippen LogP) is 0.934. The Bertz CT molecular complexity index is 253. The predicted molar refractivity (Wildman–Crippen MR) is 54.4 cm³/mol. The average Bonchev–Trinajstić information content (AvgIpc) is 2.08. The van der Waals surface area contributed by atoms with Crippen LogP contribution in [0, 0.1) is 0 Å². The van der Waals surface area contributed by atoms with E-state index in [0.29, 0.717) is 11.4 Å². The molecule has 1 rings (SSSR count). The van der Waals surface area contributed by atoms with Gasteiger partial charge in [-0.2, -0.15) is 0 Å². The number of nitrogen functional groups attached to an aromatic ring is 2. The third-order valence-corrected chi connectivity index (χ3v) is 1.76. The quantitative estimate of drug-likeness (QED) is 0.493. The molecule has 0 saturated carbocycles. The Morgan fingerprint density at radius 1 is 0.917 bits per heavy atom. The molecule has 66 valence electrons. The van der Waals surface area contributed by atoms with Crippen molar-refractivity contribution in [3.8, 4) is 0 Å². The SMILES string of the molecule is CNc1cc(N)c(NC)cc1N. The van der Waals surface area contributed by atoms with E-state index in [1.54, 1.807) is 12.1 Å². The standard InChI is InChI=1S/C8H14N4/c1-11-7-3-6(10)8(12-2)4-5(7)9/h3-4,11-12H,9-10H2,1-2H3. The average molecular weight is 166 g/mol. The number of hydrogen-bond acceptors (Lipinski definition) is 4. The van der Waals surface area contributed by atoms with Crippen molar-refractivity contribution in [2.75, 3.05) is 36.2 Å². The van der Waals surface area contributed by atoms with Gasteiger partial charge >= 0.3 is 0 Å². The summed E-state index contributed by atoms with van der Waals surface area (Å²) < 4.78 is 0. The minimum Gasteiger partial charge on any atom is -0.397 e. The second kappa shape index (κ2) is 3.21. The number of hydrogen-bond donors (Lipinski definition) is 4. The van der Waals surface area contributed by atoms with Crippen LogP contribution in [-0.4, -0.2) is 14.1 Å². The summed E-state index contributed by atoms with van der Waals surface area (Å²) in [6.45, 7) is 0. The fraction of sp³-hybridized carbons (Fsp3) is 0.250. The third kappa shape index (κ3) is 1.37. The summed E-state index contributed by atoms with van der Waals surface area (Å²) in [5.74, 6) is 0.